The van der Waals surface area contributed by atoms with Gasteiger partial charge in [-0.25, -0.2) is 4.99 Å². The second-order valence-corrected chi connectivity index (χ2v) is 6.20. The first-order chi connectivity index (χ1) is 12.3. The van der Waals surface area contributed by atoms with Crippen LogP contribution in [-0.4, -0.2) is 30.7 Å². The molecule has 0 unspecified atom stereocenters. The smallest absolute Gasteiger partial charge is 0.163 e. The molecule has 1 aliphatic heterocycles. The summed E-state index contributed by atoms with van der Waals surface area (Å²) < 4.78 is 16.6. The summed E-state index contributed by atoms with van der Waals surface area (Å²) in [5.74, 6) is 2.61. The molecule has 0 saturated carbocycles. The van der Waals surface area contributed by atoms with Crippen molar-refractivity contribution in [2.24, 2.45) is 10.7 Å². The van der Waals surface area contributed by atoms with E-state index in [-0.39, 0.29) is 0 Å². The Hall–Kier alpha value is -2.85. The maximum Gasteiger partial charge on any atom is 0.163 e. The Kier molecular flexibility index (Phi) is 5.65. The number of nitrogens with two attached hydrogens (primary N) is 1. The SMILES string of the molecule is N#Cc1ccccc1OCCSC(N)=Nc1ccc2c(c1)OCCO2. The minimum atomic E-state index is 0.431. The fourth-order valence-corrected chi connectivity index (χ4v) is 2.79. The summed E-state index contributed by atoms with van der Waals surface area (Å²) in [5.41, 5.74) is 7.18. The van der Waals surface area contributed by atoms with E-state index in [1.54, 1.807) is 18.2 Å². The predicted molar refractivity (Wildman–Crippen MR) is 97.8 cm³/mol. The zero-order valence-corrected chi connectivity index (χ0v) is 14.3. The van der Waals surface area contributed by atoms with Gasteiger partial charge in [0, 0.05) is 11.8 Å². The van der Waals surface area contributed by atoms with Crippen molar-refractivity contribution in [3.63, 3.8) is 0 Å². The van der Waals surface area contributed by atoms with E-state index >= 15 is 0 Å². The van der Waals surface area contributed by atoms with Gasteiger partial charge in [-0.1, -0.05) is 23.9 Å². The molecule has 0 fully saturated rings. The number of fused-ring (bicyclic) bond motifs is 1. The first-order valence-electron chi connectivity index (χ1n) is 7.75. The summed E-state index contributed by atoms with van der Waals surface area (Å²) in [7, 11) is 0. The van der Waals surface area contributed by atoms with Crippen LogP contribution in [0.1, 0.15) is 5.56 Å². The average Bonchev–Trinajstić information content (AvgIpc) is 2.65. The number of para-hydroxylation sites is 1. The highest BCUT2D eigenvalue weighted by atomic mass is 32.2. The van der Waals surface area contributed by atoms with Crippen LogP contribution in [-0.2, 0) is 0 Å². The number of thioether (sulfide) groups is 1. The van der Waals surface area contributed by atoms with Gasteiger partial charge in [-0.3, -0.25) is 0 Å². The van der Waals surface area contributed by atoms with E-state index in [1.165, 1.54) is 11.8 Å². The van der Waals surface area contributed by atoms with Gasteiger partial charge in [0.25, 0.3) is 0 Å². The molecule has 0 amide bonds. The summed E-state index contributed by atoms with van der Waals surface area (Å²) in [6.45, 7) is 1.52. The van der Waals surface area contributed by atoms with E-state index in [1.807, 2.05) is 24.3 Å². The molecule has 25 heavy (non-hydrogen) atoms. The van der Waals surface area contributed by atoms with Crippen molar-refractivity contribution in [2.45, 2.75) is 0 Å². The first-order valence-corrected chi connectivity index (χ1v) is 8.73. The Morgan fingerprint density at radius 2 is 2.00 bits per heavy atom. The van der Waals surface area contributed by atoms with E-state index in [4.69, 9.17) is 25.2 Å². The molecular formula is C18H17N3O3S. The van der Waals surface area contributed by atoms with Gasteiger partial charge >= 0.3 is 0 Å². The molecule has 0 radical (unpaired) electrons. The topological polar surface area (TPSA) is 89.9 Å². The quantitative estimate of drug-likeness (QED) is 0.503. The predicted octanol–water partition coefficient (Wildman–Crippen LogP) is 3.09. The number of nitriles is 1. The lowest BCUT2D eigenvalue weighted by Gasteiger charge is -2.18. The normalized spacial score (nSPS) is 13.2. The van der Waals surface area contributed by atoms with Gasteiger partial charge in [0.05, 0.1) is 17.9 Å². The fourth-order valence-electron chi connectivity index (χ4n) is 2.24. The van der Waals surface area contributed by atoms with Crippen molar-refractivity contribution in [1.82, 2.24) is 0 Å². The lowest BCUT2D eigenvalue weighted by molar-refractivity contribution is 0.171. The molecule has 0 saturated heterocycles. The molecule has 3 rings (SSSR count). The molecule has 1 aliphatic rings. The minimum Gasteiger partial charge on any atom is -0.491 e. The zero-order chi connectivity index (χ0) is 17.5. The maximum absolute atomic E-state index is 9.02. The second-order valence-electron chi connectivity index (χ2n) is 5.08. The molecule has 2 N–H and O–H groups in total. The number of aliphatic imine (C=N–C) groups is 1. The van der Waals surface area contributed by atoms with E-state index in [9.17, 15) is 0 Å². The summed E-state index contributed by atoms with van der Waals surface area (Å²) >= 11 is 1.39. The van der Waals surface area contributed by atoms with Crippen LogP contribution in [0.25, 0.3) is 0 Å². The number of benzene rings is 2. The van der Waals surface area contributed by atoms with Crippen molar-refractivity contribution < 1.29 is 14.2 Å². The molecule has 1 heterocycles. The summed E-state index contributed by atoms with van der Waals surface area (Å²) in [4.78, 5) is 4.36. The van der Waals surface area contributed by atoms with Gasteiger partial charge in [-0.05, 0) is 24.3 Å². The number of hydrogen-bond donors (Lipinski definition) is 1. The van der Waals surface area contributed by atoms with Gasteiger partial charge in [0.2, 0.25) is 0 Å². The van der Waals surface area contributed by atoms with Crippen molar-refractivity contribution in [3.05, 3.63) is 48.0 Å². The molecule has 0 aromatic heterocycles. The average molecular weight is 355 g/mol. The van der Waals surface area contributed by atoms with Gasteiger partial charge in [0.1, 0.15) is 25.0 Å². The van der Waals surface area contributed by atoms with Gasteiger partial charge in [-0.15, -0.1) is 0 Å². The highest BCUT2D eigenvalue weighted by molar-refractivity contribution is 8.13. The Morgan fingerprint density at radius 3 is 2.84 bits per heavy atom. The zero-order valence-electron chi connectivity index (χ0n) is 13.5. The van der Waals surface area contributed by atoms with Crippen LogP contribution in [0.2, 0.25) is 0 Å². The summed E-state index contributed by atoms with van der Waals surface area (Å²) in [6, 6.07) is 14.7. The third kappa shape index (κ3) is 4.58. The van der Waals surface area contributed by atoms with E-state index in [0.29, 0.717) is 53.5 Å². The second kappa shape index (κ2) is 8.31. The Balaban J connectivity index is 1.51. The molecule has 7 heteroatoms. The van der Waals surface area contributed by atoms with E-state index < -0.39 is 0 Å². The summed E-state index contributed by atoms with van der Waals surface area (Å²) in [6.07, 6.45) is 0. The Morgan fingerprint density at radius 1 is 1.20 bits per heavy atom. The van der Waals surface area contributed by atoms with Crippen LogP contribution < -0.4 is 19.9 Å². The van der Waals surface area contributed by atoms with Gasteiger partial charge in [-0.2, -0.15) is 5.26 Å². The maximum atomic E-state index is 9.02. The van der Waals surface area contributed by atoms with E-state index in [0.717, 1.165) is 5.75 Å². The van der Waals surface area contributed by atoms with Crippen LogP contribution in [0, 0.1) is 11.3 Å². The standard InChI is InChI=1S/C18H17N3O3S/c19-12-13-3-1-2-4-15(13)24-9-10-25-18(20)21-14-5-6-16-17(11-14)23-8-7-22-16/h1-6,11H,7-10H2,(H2,20,21). The lowest BCUT2D eigenvalue weighted by atomic mass is 10.2. The molecular weight excluding hydrogens is 338 g/mol. The van der Waals surface area contributed by atoms with Crippen molar-refractivity contribution >= 4 is 22.6 Å². The largest absolute Gasteiger partial charge is 0.491 e. The molecule has 2 aromatic rings. The van der Waals surface area contributed by atoms with Crippen LogP contribution >= 0.6 is 11.8 Å². The molecule has 128 valence electrons. The molecule has 0 aliphatic carbocycles. The molecule has 6 nitrogen and oxygen atoms in total. The van der Waals surface area contributed by atoms with Crippen LogP contribution in [0.5, 0.6) is 17.2 Å². The summed E-state index contributed by atoms with van der Waals surface area (Å²) in [5, 5.41) is 9.46. The minimum absolute atomic E-state index is 0.431. The number of amidine groups is 1. The third-order valence-corrected chi connectivity index (χ3v) is 4.12. The van der Waals surface area contributed by atoms with Crippen molar-refractivity contribution in [3.8, 4) is 23.3 Å². The lowest BCUT2D eigenvalue weighted by Crippen LogP contribution is -2.15. The number of ether oxygens (including phenoxy) is 3. The Labute approximate surface area is 150 Å². The Bertz CT molecular complexity index is 817. The highest BCUT2D eigenvalue weighted by Gasteiger charge is 2.11. The van der Waals surface area contributed by atoms with Crippen molar-refractivity contribution in [1.29, 1.82) is 5.26 Å². The monoisotopic (exact) mass is 355 g/mol. The van der Waals surface area contributed by atoms with Crippen LogP contribution in [0.4, 0.5) is 5.69 Å². The van der Waals surface area contributed by atoms with Crippen LogP contribution in [0.3, 0.4) is 0 Å². The number of hydrogen-bond acceptors (Lipinski definition) is 6. The van der Waals surface area contributed by atoms with Gasteiger partial charge in [0.15, 0.2) is 16.7 Å². The van der Waals surface area contributed by atoms with Crippen molar-refractivity contribution in [2.75, 3.05) is 25.6 Å². The van der Waals surface area contributed by atoms with Gasteiger partial charge < -0.3 is 19.9 Å². The fraction of sp³-hybridized carbons (Fsp3) is 0.222. The molecule has 2 aromatic carbocycles. The third-order valence-electron chi connectivity index (χ3n) is 3.36. The highest BCUT2D eigenvalue weighted by Crippen LogP contribution is 2.33. The number of nitrogens with zero attached hydrogens (tertiary/aromatic N) is 2. The molecule has 0 atom stereocenters. The number of rotatable bonds is 5. The van der Waals surface area contributed by atoms with Crippen LogP contribution in [0.15, 0.2) is 47.5 Å². The molecule has 0 bridgehead atoms. The first kappa shape index (κ1) is 17.0. The van der Waals surface area contributed by atoms with E-state index in [2.05, 4.69) is 11.1 Å². The molecule has 0 spiro atoms.